The second kappa shape index (κ2) is 42.2. The second-order valence-electron chi connectivity index (χ2n) is 33.3. The molecule has 14 rings (SSSR count). The molecule has 128 heavy (non-hydrogen) atoms. The van der Waals surface area contributed by atoms with Gasteiger partial charge < -0.3 is 138 Å². The number of nitrogens with one attached hydrogen (secondary N) is 9. The number of ether oxygens (including phenoxy) is 6. The fourth-order valence-electron chi connectivity index (χ4n) is 16.0. The van der Waals surface area contributed by atoms with Gasteiger partial charge in [0.05, 0.1) is 46.9 Å². The van der Waals surface area contributed by atoms with E-state index in [9.17, 15) is 65.4 Å². The van der Waals surface area contributed by atoms with E-state index in [4.69, 9.17) is 69.0 Å². The number of aliphatic hydroxyl groups excluding tert-OH is 6. The summed E-state index contributed by atoms with van der Waals surface area (Å²) in [5.41, 5.74) is 4.06. The number of fused-ring (bicyclic) bond motifs is 15. The number of carboxylic acid groups (broad SMARTS) is 1. The number of likely N-dealkylation sites (N-methyl/N-ethyl adjacent to an activating group) is 1. The lowest BCUT2D eigenvalue weighted by Gasteiger charge is -2.47. The number of nitrogens with two attached hydrogens (primary N) is 1. The molecule has 7 aromatic carbocycles. The summed E-state index contributed by atoms with van der Waals surface area (Å²) in [4.78, 5) is 124. The summed E-state index contributed by atoms with van der Waals surface area (Å²) in [6.45, 7) is 6.99. The number of carbonyl (C=O) groups excluding carboxylic acids is 7. The Labute approximate surface area is 751 Å². The van der Waals surface area contributed by atoms with Crippen LogP contribution in [0.4, 0.5) is 0 Å². The Balaban J connectivity index is 1.07. The third-order valence-electron chi connectivity index (χ3n) is 23.0. The van der Waals surface area contributed by atoms with Gasteiger partial charge in [0.25, 0.3) is 0 Å². The van der Waals surface area contributed by atoms with Gasteiger partial charge in [0, 0.05) is 46.8 Å². The molecule has 7 aromatic rings. The first-order chi connectivity index (χ1) is 60.9. The van der Waals surface area contributed by atoms with Gasteiger partial charge in [0.1, 0.15) is 95.6 Å². The molecule has 35 nitrogen and oxygen atoms in total. The van der Waals surface area contributed by atoms with Gasteiger partial charge in [0.15, 0.2) is 23.8 Å². The van der Waals surface area contributed by atoms with Crippen molar-refractivity contribution in [3.05, 3.63) is 186 Å². The van der Waals surface area contributed by atoms with Crippen molar-refractivity contribution < 1.29 is 118 Å². The van der Waals surface area contributed by atoms with Gasteiger partial charge in [-0.2, -0.15) is 0 Å². The van der Waals surface area contributed by atoms with Gasteiger partial charge in [-0.15, -0.1) is 0 Å². The Kier molecular flexibility index (Phi) is 31.7. The highest BCUT2D eigenvalue weighted by Gasteiger charge is 2.50. The topological polar surface area (TPSA) is 532 Å². The molecule has 686 valence electrons. The normalized spacial score (nSPS) is 25.8. The van der Waals surface area contributed by atoms with Gasteiger partial charge in [-0.1, -0.05) is 128 Å². The molecule has 0 spiro atoms. The van der Waals surface area contributed by atoms with Crippen LogP contribution in [0.25, 0.3) is 23.3 Å². The number of aromatic hydroxyl groups is 3. The summed E-state index contributed by atoms with van der Waals surface area (Å²) in [5.74, 6) is -15.9. The van der Waals surface area contributed by atoms with E-state index >= 15 is 24.0 Å². The van der Waals surface area contributed by atoms with Gasteiger partial charge >= 0.3 is 5.97 Å². The molecule has 0 radical (unpaired) electrons. The third-order valence-corrected chi connectivity index (χ3v) is 23.8. The molecule has 0 saturated carbocycles. The maximum absolute atomic E-state index is 16.6. The number of unbranched alkanes of at least 4 members (excludes halogenated alkanes) is 3. The van der Waals surface area contributed by atoms with E-state index < -0.39 is 237 Å². The van der Waals surface area contributed by atoms with Crippen molar-refractivity contribution in [2.24, 2.45) is 11.7 Å². The summed E-state index contributed by atoms with van der Waals surface area (Å²) in [5, 5.41) is 143. The lowest BCUT2D eigenvalue weighted by molar-refractivity contribution is -0.277. The number of rotatable bonds is 27. The quantitative estimate of drug-likeness (QED) is 0.0208. The fraction of sp³-hybridized carbons (Fsp3) is 0.422. The van der Waals surface area contributed by atoms with Gasteiger partial charge in [-0.05, 0) is 179 Å². The van der Waals surface area contributed by atoms with Crippen LogP contribution in [0.2, 0.25) is 15.1 Å². The van der Waals surface area contributed by atoms with Crippen molar-refractivity contribution in [1.82, 2.24) is 52.8 Å². The lowest BCUT2D eigenvalue weighted by atomic mass is 9.84. The molecule has 0 aliphatic carbocycles. The van der Waals surface area contributed by atoms with Crippen molar-refractivity contribution in [1.29, 1.82) is 0 Å². The first kappa shape index (κ1) is 96.3. The molecule has 7 aliphatic rings. The van der Waals surface area contributed by atoms with E-state index in [1.54, 1.807) is 26.0 Å². The van der Waals surface area contributed by atoms with Gasteiger partial charge in [0.2, 0.25) is 53.4 Å². The molecular formula is C90H106Cl3N11O24. The minimum Gasteiger partial charge on any atom is -0.507 e. The summed E-state index contributed by atoms with van der Waals surface area (Å²) in [6.07, 6.45) is -12.2. The van der Waals surface area contributed by atoms with Crippen LogP contribution in [-0.4, -0.2) is 223 Å². The number of aliphatic hydroxyl groups is 6. The molecule has 0 aromatic heterocycles. The van der Waals surface area contributed by atoms with E-state index in [-0.39, 0.29) is 64.9 Å². The maximum Gasteiger partial charge on any atom is 0.330 e. The number of primary amides is 1. The van der Waals surface area contributed by atoms with Crippen molar-refractivity contribution >= 4 is 94.3 Å². The van der Waals surface area contributed by atoms with E-state index in [0.717, 1.165) is 85.0 Å². The van der Waals surface area contributed by atoms with Crippen LogP contribution in [0.1, 0.15) is 153 Å². The molecule has 2 saturated heterocycles. The number of aliphatic carboxylic acids is 1. The van der Waals surface area contributed by atoms with Crippen LogP contribution in [0, 0.1) is 5.92 Å². The van der Waals surface area contributed by atoms with E-state index in [0.29, 0.717) is 18.0 Å². The van der Waals surface area contributed by atoms with Crippen LogP contribution in [0.15, 0.2) is 121 Å². The molecule has 11 bridgehead atoms. The van der Waals surface area contributed by atoms with Crippen molar-refractivity contribution in [3.8, 4) is 57.1 Å². The van der Waals surface area contributed by atoms with Crippen LogP contribution >= 0.6 is 34.8 Å². The molecule has 2 unspecified atom stereocenters. The fourth-order valence-corrected chi connectivity index (χ4v) is 16.6. The summed E-state index contributed by atoms with van der Waals surface area (Å²) in [6, 6.07) is 13.8. The van der Waals surface area contributed by atoms with Gasteiger partial charge in [-0.3, -0.25) is 33.6 Å². The van der Waals surface area contributed by atoms with Crippen molar-refractivity contribution in [2.75, 3.05) is 40.8 Å². The zero-order chi connectivity index (χ0) is 92.4. The van der Waals surface area contributed by atoms with Crippen LogP contribution in [-0.2, 0) is 65.7 Å². The van der Waals surface area contributed by atoms with Crippen molar-refractivity contribution in [2.45, 2.75) is 195 Å². The Bertz CT molecular complexity index is 5280. The van der Waals surface area contributed by atoms with Gasteiger partial charge in [-0.25, -0.2) is 4.79 Å². The molecule has 18 atom stereocenters. The molecule has 7 aliphatic heterocycles. The van der Waals surface area contributed by atoms with Crippen LogP contribution in [0.3, 0.4) is 0 Å². The number of carbonyl (C=O) groups is 8. The summed E-state index contributed by atoms with van der Waals surface area (Å²) < 4.78 is 39.3. The number of hydrogen-bond donors (Lipinski definition) is 20. The molecule has 21 N–H and O–H groups in total. The Morgan fingerprint density at radius 3 is 1.98 bits per heavy atom. The van der Waals surface area contributed by atoms with Crippen molar-refractivity contribution in [3.63, 3.8) is 0 Å². The van der Waals surface area contributed by atoms with E-state index in [1.165, 1.54) is 37.4 Å². The third kappa shape index (κ3) is 22.7. The molecule has 7 heterocycles. The monoisotopic (exact) mass is 1830 g/mol. The number of hydrogen-bond acceptors (Lipinski definition) is 27. The average Bonchev–Trinajstić information content (AvgIpc) is 0.749. The van der Waals surface area contributed by atoms with E-state index in [1.807, 2.05) is 76.5 Å². The smallest absolute Gasteiger partial charge is 0.330 e. The van der Waals surface area contributed by atoms with Crippen LogP contribution < -0.4 is 67.8 Å². The summed E-state index contributed by atoms with van der Waals surface area (Å²) in [7, 11) is 5.41. The maximum atomic E-state index is 16.6. The number of amides is 7. The molecule has 2 fully saturated rings. The number of phenols is 3. The minimum atomic E-state index is -2.38. The first-order valence-corrected chi connectivity index (χ1v) is 42.9. The first-order valence-electron chi connectivity index (χ1n) is 41.7. The Morgan fingerprint density at radius 1 is 0.680 bits per heavy atom. The largest absolute Gasteiger partial charge is 0.507 e. The lowest BCUT2D eigenvalue weighted by Crippen LogP contribution is -2.63. The molecular weight excluding hydrogens is 1730 g/mol. The van der Waals surface area contributed by atoms with E-state index in [2.05, 4.69) is 52.8 Å². The SMILES string of the molecule is CN[C@H](CC(C)C)C(=O)N[C@H]1C(=O)N[C@@H](CC(N)=O)C(=O)N[C@H]2C(=O)N[C@H]3C(=O)NC(C(=O)N[C@@H](C(=O)O)c4cc(O)c(CNCCCCCCN(C)C)c(O)c4-c4cc3ccc4O)[C@H](OC3C[C@](C)(NCc4cccc(/C=C/c5ccc(Cl)cc5)c4)[C@@H](O)[C@H](C)O3)c3ccc(c(Cl)c3)Oc3cc2cc(c3O[C@@H]2O[C@H](CO)[C@@H](O)[C@H](O)[C@H]2O)Oc2ccc(cc2Cl)[C@H]1O. The number of phenolic OH excluding ortho intramolecular Hbond substituents is 3. The predicted octanol–water partition coefficient (Wildman–Crippen LogP) is 5.97. The second-order valence-corrected chi connectivity index (χ2v) is 34.5. The highest BCUT2D eigenvalue weighted by molar-refractivity contribution is 6.32. The Morgan fingerprint density at radius 2 is 1.33 bits per heavy atom. The summed E-state index contributed by atoms with van der Waals surface area (Å²) >= 11 is 20.7. The highest BCUT2D eigenvalue weighted by atomic mass is 35.5. The number of nitrogens with zero attached hydrogens (tertiary/aromatic N) is 1. The average molecular weight is 1830 g/mol. The number of halogens is 3. The minimum absolute atomic E-state index is 0.110. The Hall–Kier alpha value is -10.8. The highest BCUT2D eigenvalue weighted by Crippen LogP contribution is 2.51. The standard InChI is InChI=1S/C90H106Cl3N11O24/c1-42(2)29-57(95-5)82(115)102-72-74(109)48-20-25-61(55(92)32-48)124-63-34-50-35-64(80(63)128-89-78(113)77(112)76(111)65(41-105)126-89)125-62-26-21-49(33-56(62)93)79(127-67-38-90(4,81(114)43(3)123-67)97-39-46-14-12-13-45(30-46)16-15-44-17-22-51(91)23-18-44)73-87(120)101-71(88(121)122)53-36-60(107)54(40-96-27-10-8-9-11-28-104(6)7)75(110)68(53)52-31-47(19-24-59(52)106)69(84(117)103-73)100-85(118)70(50)99-83(116)58(37-66(94)108)98-86(72)119/h12-26,30-36,42-43,57-58,65,67,69-74,76-79,81,89,95-97,105-107,109-114H,8-11,27-29,37-41H2,1-7H3,(H2,94,108)(H,98,119)(H,99,116)(H,100,118)(H,101,120)(H,102,115)(H,103,117)(H,121,122)/b16-15+/t43-,57+,58-,65+,67?,69+,70+,71+,72+,73?,74+,76+,77-,78+,79+,81-,89-,90-/m0/s1. The zero-order valence-corrected chi connectivity index (χ0v) is 73.2. The molecule has 7 amide bonds. The van der Waals surface area contributed by atoms with Crippen LogP contribution in [0.5, 0.6) is 46.0 Å². The predicted molar refractivity (Wildman–Crippen MR) is 467 cm³/mol. The number of benzene rings is 7. The molecule has 38 heteroatoms. The number of carboxylic acids is 1. The zero-order valence-electron chi connectivity index (χ0n) is 70.9.